The van der Waals surface area contributed by atoms with Gasteiger partial charge in [0.05, 0.1) is 13.2 Å². The van der Waals surface area contributed by atoms with Crippen LogP contribution < -0.4 is 11.1 Å². The molecule has 4 N–H and O–H groups in total. The number of morpholine rings is 1. The quantitative estimate of drug-likeness (QED) is 0.543. The van der Waals surface area contributed by atoms with Gasteiger partial charge in [0.2, 0.25) is 5.91 Å². The Kier molecular flexibility index (Phi) is 6.07. The molecule has 0 saturated carbocycles. The number of carbonyl (C=O) groups excluding carboxylic acids is 2. The highest BCUT2D eigenvalue weighted by molar-refractivity contribution is 5.86. The summed E-state index contributed by atoms with van der Waals surface area (Å²) in [4.78, 5) is 34.7. The topological polar surface area (TPSA) is 122 Å². The highest BCUT2D eigenvalue weighted by Gasteiger charge is 2.31. The third kappa shape index (κ3) is 5.12. The van der Waals surface area contributed by atoms with E-state index < -0.39 is 17.9 Å². The van der Waals surface area contributed by atoms with Crippen LogP contribution in [0.15, 0.2) is 0 Å². The minimum absolute atomic E-state index is 0.0807. The van der Waals surface area contributed by atoms with Gasteiger partial charge >= 0.3 is 12.0 Å². The highest BCUT2D eigenvalue weighted by atomic mass is 16.5. The Labute approximate surface area is 110 Å². The van der Waals surface area contributed by atoms with Gasteiger partial charge in [0.25, 0.3) is 0 Å². The summed E-state index contributed by atoms with van der Waals surface area (Å²) in [7, 11) is 0. The molecule has 0 aliphatic carbocycles. The van der Waals surface area contributed by atoms with Gasteiger partial charge in [-0.15, -0.1) is 0 Å². The van der Waals surface area contributed by atoms with E-state index in [1.54, 1.807) is 0 Å². The van der Waals surface area contributed by atoms with Gasteiger partial charge in [-0.05, 0) is 12.8 Å². The SMILES string of the molecule is NC(=O)C1COCCN1C(=O)NCCCCC(=O)O. The number of primary amides is 1. The molecule has 0 radical (unpaired) electrons. The van der Waals surface area contributed by atoms with Crippen molar-refractivity contribution in [2.75, 3.05) is 26.3 Å². The molecule has 0 bridgehead atoms. The van der Waals surface area contributed by atoms with E-state index in [0.717, 1.165) is 0 Å². The number of nitrogens with zero attached hydrogens (tertiary/aromatic N) is 1. The van der Waals surface area contributed by atoms with Crippen molar-refractivity contribution in [2.24, 2.45) is 5.73 Å². The zero-order valence-corrected chi connectivity index (χ0v) is 10.6. The summed E-state index contributed by atoms with van der Waals surface area (Å²) in [6, 6.07) is -1.12. The predicted molar refractivity (Wildman–Crippen MR) is 65.4 cm³/mol. The Balaban J connectivity index is 2.30. The Morgan fingerprint density at radius 2 is 2.11 bits per heavy atom. The van der Waals surface area contributed by atoms with Crippen molar-refractivity contribution in [1.29, 1.82) is 0 Å². The van der Waals surface area contributed by atoms with E-state index in [1.807, 2.05) is 0 Å². The number of urea groups is 1. The van der Waals surface area contributed by atoms with E-state index in [0.29, 0.717) is 32.5 Å². The fourth-order valence-electron chi connectivity index (χ4n) is 1.78. The maximum absolute atomic E-state index is 11.8. The number of hydrogen-bond acceptors (Lipinski definition) is 4. The number of hydrogen-bond donors (Lipinski definition) is 3. The van der Waals surface area contributed by atoms with Gasteiger partial charge in [-0.1, -0.05) is 0 Å². The van der Waals surface area contributed by atoms with E-state index in [4.69, 9.17) is 15.6 Å². The summed E-state index contributed by atoms with van der Waals surface area (Å²) >= 11 is 0. The molecule has 0 aromatic heterocycles. The van der Waals surface area contributed by atoms with E-state index >= 15 is 0 Å². The van der Waals surface area contributed by atoms with Gasteiger partial charge in [0.15, 0.2) is 0 Å². The van der Waals surface area contributed by atoms with Crippen LogP contribution in [0, 0.1) is 0 Å². The third-order valence-electron chi connectivity index (χ3n) is 2.81. The van der Waals surface area contributed by atoms with Crippen LogP contribution in [0.5, 0.6) is 0 Å². The van der Waals surface area contributed by atoms with Crippen LogP contribution in [0.4, 0.5) is 4.79 Å². The molecule has 1 atom stereocenters. The molecule has 0 spiro atoms. The van der Waals surface area contributed by atoms with Gasteiger partial charge in [0, 0.05) is 19.5 Å². The molecular formula is C11H19N3O5. The molecule has 1 heterocycles. The number of rotatable bonds is 6. The van der Waals surface area contributed by atoms with Crippen LogP contribution >= 0.6 is 0 Å². The van der Waals surface area contributed by atoms with Gasteiger partial charge in [0.1, 0.15) is 6.04 Å². The van der Waals surface area contributed by atoms with Crippen LogP contribution in [0.25, 0.3) is 0 Å². The van der Waals surface area contributed by atoms with Gasteiger partial charge in [-0.25, -0.2) is 4.79 Å². The second kappa shape index (κ2) is 7.57. The van der Waals surface area contributed by atoms with E-state index in [-0.39, 0.29) is 19.1 Å². The van der Waals surface area contributed by atoms with E-state index in [9.17, 15) is 14.4 Å². The molecule has 8 nitrogen and oxygen atoms in total. The second-order valence-electron chi connectivity index (χ2n) is 4.27. The molecule has 0 aromatic carbocycles. The predicted octanol–water partition coefficient (Wildman–Crippen LogP) is -0.863. The number of carboxylic acid groups (broad SMARTS) is 1. The molecular weight excluding hydrogens is 254 g/mol. The molecule has 1 fully saturated rings. The van der Waals surface area contributed by atoms with Crippen molar-refractivity contribution in [1.82, 2.24) is 10.2 Å². The molecule has 3 amide bonds. The van der Waals surface area contributed by atoms with Crippen LogP contribution in [0.1, 0.15) is 19.3 Å². The Morgan fingerprint density at radius 1 is 1.37 bits per heavy atom. The molecule has 1 saturated heterocycles. The molecule has 1 aliphatic heterocycles. The average Bonchev–Trinajstić information content (AvgIpc) is 2.37. The van der Waals surface area contributed by atoms with Gasteiger partial charge < -0.3 is 25.8 Å². The molecule has 1 rings (SSSR count). The van der Waals surface area contributed by atoms with E-state index in [2.05, 4.69) is 5.32 Å². The molecule has 108 valence electrons. The zero-order chi connectivity index (χ0) is 14.3. The number of ether oxygens (including phenoxy) is 1. The van der Waals surface area contributed by atoms with Crippen molar-refractivity contribution in [2.45, 2.75) is 25.3 Å². The van der Waals surface area contributed by atoms with Crippen LogP contribution in [-0.2, 0) is 14.3 Å². The first kappa shape index (κ1) is 15.2. The minimum atomic E-state index is -0.853. The summed E-state index contributed by atoms with van der Waals surface area (Å²) in [5.74, 6) is -1.45. The number of nitrogens with two attached hydrogens (primary N) is 1. The van der Waals surface area contributed by atoms with Crippen LogP contribution in [0.3, 0.4) is 0 Å². The first-order chi connectivity index (χ1) is 9.02. The van der Waals surface area contributed by atoms with E-state index in [1.165, 1.54) is 4.90 Å². The average molecular weight is 273 g/mol. The number of carboxylic acids is 1. The minimum Gasteiger partial charge on any atom is -0.481 e. The van der Waals surface area contributed by atoms with Crippen molar-refractivity contribution in [3.8, 4) is 0 Å². The molecule has 1 unspecified atom stereocenters. The van der Waals surface area contributed by atoms with Crippen molar-refractivity contribution in [3.05, 3.63) is 0 Å². The summed E-state index contributed by atoms with van der Waals surface area (Å²) in [5, 5.41) is 11.1. The standard InChI is InChI=1S/C11H19N3O5/c12-10(17)8-7-19-6-5-14(8)11(18)13-4-2-1-3-9(15)16/h8H,1-7H2,(H2,12,17)(H,13,18)(H,15,16). The lowest BCUT2D eigenvalue weighted by atomic mass is 10.2. The number of carbonyl (C=O) groups is 3. The first-order valence-corrected chi connectivity index (χ1v) is 6.15. The van der Waals surface area contributed by atoms with Crippen molar-refractivity contribution in [3.63, 3.8) is 0 Å². The van der Waals surface area contributed by atoms with Crippen molar-refractivity contribution >= 4 is 17.9 Å². The summed E-state index contributed by atoms with van der Waals surface area (Å²) in [5.41, 5.74) is 5.20. The maximum Gasteiger partial charge on any atom is 0.318 e. The Hall–Kier alpha value is -1.83. The van der Waals surface area contributed by atoms with Crippen LogP contribution in [-0.4, -0.2) is 60.3 Å². The maximum atomic E-state index is 11.8. The monoisotopic (exact) mass is 273 g/mol. The fraction of sp³-hybridized carbons (Fsp3) is 0.727. The molecule has 1 aliphatic rings. The highest BCUT2D eigenvalue weighted by Crippen LogP contribution is 2.06. The van der Waals surface area contributed by atoms with Gasteiger partial charge in [-0.2, -0.15) is 0 Å². The zero-order valence-electron chi connectivity index (χ0n) is 10.6. The number of aliphatic carboxylic acids is 1. The summed E-state index contributed by atoms with van der Waals surface area (Å²) in [6.07, 6.45) is 1.15. The number of unbranched alkanes of at least 4 members (excludes halogenated alkanes) is 1. The lowest BCUT2D eigenvalue weighted by Crippen LogP contribution is -2.57. The largest absolute Gasteiger partial charge is 0.481 e. The molecule has 8 heteroatoms. The normalized spacial score (nSPS) is 18.9. The Bertz CT molecular complexity index is 347. The molecule has 0 aromatic rings. The summed E-state index contributed by atoms with van der Waals surface area (Å²) < 4.78 is 5.11. The lowest BCUT2D eigenvalue weighted by Gasteiger charge is -2.33. The first-order valence-electron chi connectivity index (χ1n) is 6.15. The lowest BCUT2D eigenvalue weighted by molar-refractivity contribution is -0.137. The van der Waals surface area contributed by atoms with Crippen LogP contribution in [0.2, 0.25) is 0 Å². The van der Waals surface area contributed by atoms with Gasteiger partial charge in [-0.3, -0.25) is 9.59 Å². The summed E-state index contributed by atoms with van der Waals surface area (Å²) in [6.45, 7) is 1.17. The number of nitrogens with one attached hydrogen (secondary N) is 1. The second-order valence-corrected chi connectivity index (χ2v) is 4.27. The number of amides is 3. The molecule has 19 heavy (non-hydrogen) atoms. The van der Waals surface area contributed by atoms with Crippen molar-refractivity contribution < 1.29 is 24.2 Å². The third-order valence-corrected chi connectivity index (χ3v) is 2.81. The Morgan fingerprint density at radius 3 is 2.74 bits per heavy atom. The smallest absolute Gasteiger partial charge is 0.318 e. The fourth-order valence-corrected chi connectivity index (χ4v) is 1.78.